The molecule has 0 aliphatic heterocycles. The van der Waals surface area contributed by atoms with Gasteiger partial charge in [0.2, 0.25) is 0 Å². The highest BCUT2D eigenvalue weighted by Gasteiger charge is 2.22. The fourth-order valence-electron chi connectivity index (χ4n) is 1.59. The van der Waals surface area contributed by atoms with Gasteiger partial charge in [0.1, 0.15) is 17.4 Å². The Labute approximate surface area is 108 Å². The molecule has 96 valence electrons. The molecular formula is C13H13F2NOS. The zero-order valence-corrected chi connectivity index (χ0v) is 10.6. The maximum Gasteiger partial charge on any atom is 0.139 e. The van der Waals surface area contributed by atoms with Crippen LogP contribution in [0.25, 0.3) is 0 Å². The van der Waals surface area contributed by atoms with E-state index in [1.54, 1.807) is 18.4 Å². The van der Waals surface area contributed by atoms with Crippen molar-refractivity contribution in [2.45, 2.75) is 23.1 Å². The summed E-state index contributed by atoms with van der Waals surface area (Å²) in [4.78, 5) is 0.357. The quantitative estimate of drug-likeness (QED) is 0.859. The van der Waals surface area contributed by atoms with Crippen LogP contribution >= 0.6 is 11.8 Å². The molecule has 2 aromatic rings. The third kappa shape index (κ3) is 2.91. The lowest BCUT2D eigenvalue weighted by Gasteiger charge is -2.18. The third-order valence-corrected chi connectivity index (χ3v) is 3.95. The van der Waals surface area contributed by atoms with Gasteiger partial charge in [0, 0.05) is 17.0 Å². The molecule has 0 amide bonds. The Morgan fingerprint density at radius 2 is 2.06 bits per heavy atom. The molecule has 2 nitrogen and oxygen atoms in total. The lowest BCUT2D eigenvalue weighted by molar-refractivity contribution is 0.486. The molecule has 0 aliphatic rings. The average Bonchev–Trinajstić information content (AvgIpc) is 2.80. The molecule has 0 spiro atoms. The summed E-state index contributed by atoms with van der Waals surface area (Å²) in [5, 5.41) is -0.208. The van der Waals surface area contributed by atoms with Gasteiger partial charge in [-0.2, -0.15) is 0 Å². The highest BCUT2D eigenvalue weighted by molar-refractivity contribution is 7.99. The van der Waals surface area contributed by atoms with Crippen molar-refractivity contribution in [2.24, 2.45) is 5.73 Å². The first-order chi connectivity index (χ1) is 8.58. The number of rotatable bonds is 4. The molecule has 0 aliphatic carbocycles. The molecule has 0 radical (unpaired) electrons. The van der Waals surface area contributed by atoms with Crippen LogP contribution in [-0.4, -0.2) is 6.04 Å². The standard InChI is InChI=1S/C13H13F2NOS/c1-8(16)13(11-3-2-6-17-11)18-12-5-4-9(14)7-10(12)15/h2-8,13H,16H2,1H3. The van der Waals surface area contributed by atoms with E-state index in [9.17, 15) is 8.78 Å². The van der Waals surface area contributed by atoms with Gasteiger partial charge in [-0.1, -0.05) is 0 Å². The molecule has 2 rings (SSSR count). The van der Waals surface area contributed by atoms with Crippen LogP contribution < -0.4 is 5.73 Å². The molecule has 0 bridgehead atoms. The number of halogens is 2. The number of nitrogens with two attached hydrogens (primary N) is 1. The number of thioether (sulfide) groups is 1. The fraction of sp³-hybridized carbons (Fsp3) is 0.231. The van der Waals surface area contributed by atoms with Crippen LogP contribution in [0.3, 0.4) is 0 Å². The molecule has 1 aromatic carbocycles. The van der Waals surface area contributed by atoms with Gasteiger partial charge in [-0.15, -0.1) is 11.8 Å². The smallest absolute Gasteiger partial charge is 0.139 e. The van der Waals surface area contributed by atoms with Gasteiger partial charge in [-0.25, -0.2) is 8.78 Å². The summed E-state index contributed by atoms with van der Waals surface area (Å²) in [6.07, 6.45) is 1.55. The zero-order valence-electron chi connectivity index (χ0n) is 9.77. The van der Waals surface area contributed by atoms with Crippen molar-refractivity contribution in [2.75, 3.05) is 0 Å². The van der Waals surface area contributed by atoms with Crippen LogP contribution in [0.2, 0.25) is 0 Å². The second kappa shape index (κ2) is 5.54. The van der Waals surface area contributed by atoms with Crippen LogP contribution in [0.4, 0.5) is 8.78 Å². The van der Waals surface area contributed by atoms with Crippen LogP contribution in [0.5, 0.6) is 0 Å². The fourth-order valence-corrected chi connectivity index (χ4v) is 2.64. The van der Waals surface area contributed by atoms with Crippen molar-refractivity contribution in [3.63, 3.8) is 0 Å². The second-order valence-electron chi connectivity index (χ2n) is 3.99. The molecule has 0 saturated carbocycles. The summed E-state index contributed by atoms with van der Waals surface area (Å²) < 4.78 is 31.7. The first-order valence-electron chi connectivity index (χ1n) is 5.48. The predicted molar refractivity (Wildman–Crippen MR) is 67.3 cm³/mol. The topological polar surface area (TPSA) is 39.2 Å². The van der Waals surface area contributed by atoms with E-state index in [1.165, 1.54) is 23.9 Å². The van der Waals surface area contributed by atoms with Crippen molar-refractivity contribution in [1.29, 1.82) is 0 Å². The summed E-state index contributed by atoms with van der Waals surface area (Å²) in [5.74, 6) is -0.497. The Bertz CT molecular complexity index is 514. The Hall–Kier alpha value is -1.33. The van der Waals surface area contributed by atoms with E-state index < -0.39 is 11.6 Å². The van der Waals surface area contributed by atoms with Crippen molar-refractivity contribution in [3.05, 3.63) is 54.0 Å². The van der Waals surface area contributed by atoms with Gasteiger partial charge in [0.15, 0.2) is 0 Å². The van der Waals surface area contributed by atoms with Crippen molar-refractivity contribution >= 4 is 11.8 Å². The first-order valence-corrected chi connectivity index (χ1v) is 6.36. The molecule has 1 heterocycles. The summed E-state index contributed by atoms with van der Waals surface area (Å²) in [5.41, 5.74) is 5.88. The van der Waals surface area contributed by atoms with E-state index in [-0.39, 0.29) is 11.3 Å². The van der Waals surface area contributed by atoms with E-state index in [2.05, 4.69) is 0 Å². The van der Waals surface area contributed by atoms with Gasteiger partial charge in [-0.3, -0.25) is 0 Å². The number of benzene rings is 1. The second-order valence-corrected chi connectivity index (χ2v) is 5.17. The summed E-state index contributed by atoms with van der Waals surface area (Å²) >= 11 is 1.23. The number of hydrogen-bond donors (Lipinski definition) is 1. The molecule has 1 aromatic heterocycles. The maximum atomic E-state index is 13.6. The molecule has 18 heavy (non-hydrogen) atoms. The summed E-state index contributed by atoms with van der Waals surface area (Å²) in [6, 6.07) is 6.84. The third-order valence-electron chi connectivity index (χ3n) is 2.45. The van der Waals surface area contributed by atoms with Gasteiger partial charge >= 0.3 is 0 Å². The Balaban J connectivity index is 2.24. The lowest BCUT2D eigenvalue weighted by atomic mass is 10.2. The Morgan fingerprint density at radius 3 is 2.61 bits per heavy atom. The summed E-state index contributed by atoms with van der Waals surface area (Å²) in [7, 11) is 0. The van der Waals surface area contributed by atoms with Crippen LogP contribution in [0.15, 0.2) is 45.9 Å². The van der Waals surface area contributed by atoms with Crippen LogP contribution in [0.1, 0.15) is 17.9 Å². The normalized spacial score (nSPS) is 14.4. The number of furan rings is 1. The van der Waals surface area contributed by atoms with Crippen molar-refractivity contribution in [1.82, 2.24) is 0 Å². The average molecular weight is 269 g/mol. The minimum absolute atomic E-state index is 0.208. The van der Waals surface area contributed by atoms with E-state index in [4.69, 9.17) is 10.2 Å². The van der Waals surface area contributed by atoms with Crippen molar-refractivity contribution < 1.29 is 13.2 Å². The minimum atomic E-state index is -0.591. The Kier molecular flexibility index (Phi) is 4.04. The SMILES string of the molecule is CC(N)C(Sc1ccc(F)cc1F)c1ccco1. The van der Waals surface area contributed by atoms with Gasteiger partial charge < -0.3 is 10.2 Å². The molecule has 2 atom stereocenters. The first kappa shape index (κ1) is 13.1. The van der Waals surface area contributed by atoms with Gasteiger partial charge in [0.05, 0.1) is 11.5 Å². The molecule has 0 fully saturated rings. The maximum absolute atomic E-state index is 13.6. The molecule has 2 unspecified atom stereocenters. The highest BCUT2D eigenvalue weighted by Crippen LogP contribution is 2.38. The molecule has 2 N–H and O–H groups in total. The Morgan fingerprint density at radius 1 is 1.28 bits per heavy atom. The number of hydrogen-bond acceptors (Lipinski definition) is 3. The van der Waals surface area contributed by atoms with E-state index >= 15 is 0 Å². The largest absolute Gasteiger partial charge is 0.468 e. The zero-order chi connectivity index (χ0) is 13.1. The molecular weight excluding hydrogens is 256 g/mol. The van der Waals surface area contributed by atoms with Gasteiger partial charge in [-0.05, 0) is 31.2 Å². The van der Waals surface area contributed by atoms with Gasteiger partial charge in [0.25, 0.3) is 0 Å². The van der Waals surface area contributed by atoms with Crippen molar-refractivity contribution in [3.8, 4) is 0 Å². The highest BCUT2D eigenvalue weighted by atomic mass is 32.2. The van der Waals surface area contributed by atoms with E-state index in [1.807, 2.05) is 6.92 Å². The molecule has 5 heteroatoms. The lowest BCUT2D eigenvalue weighted by Crippen LogP contribution is -2.22. The predicted octanol–water partition coefficient (Wildman–Crippen LogP) is 3.74. The van der Waals surface area contributed by atoms with Crippen LogP contribution in [0, 0.1) is 11.6 Å². The van der Waals surface area contributed by atoms with E-state index in [0.29, 0.717) is 10.7 Å². The van der Waals surface area contributed by atoms with Crippen LogP contribution in [-0.2, 0) is 0 Å². The summed E-state index contributed by atoms with van der Waals surface area (Å²) in [6.45, 7) is 1.82. The minimum Gasteiger partial charge on any atom is -0.468 e. The van der Waals surface area contributed by atoms with E-state index in [0.717, 1.165) is 6.07 Å². The molecule has 0 saturated heterocycles. The monoisotopic (exact) mass is 269 g/mol.